The number of ether oxygens (including phenoxy) is 1. The van der Waals surface area contributed by atoms with Gasteiger partial charge in [-0.1, -0.05) is 6.07 Å². The van der Waals surface area contributed by atoms with Gasteiger partial charge in [0.05, 0.1) is 0 Å². The minimum Gasteiger partial charge on any atom is -0.410 e. The molecule has 1 fully saturated rings. The van der Waals surface area contributed by atoms with Crippen LogP contribution in [-0.4, -0.2) is 30.1 Å². The van der Waals surface area contributed by atoms with Crippen LogP contribution in [0.5, 0.6) is 5.75 Å². The molecule has 2 N–H and O–H groups in total. The first-order valence-corrected chi connectivity index (χ1v) is 6.35. The molecular weight excluding hydrogens is 228 g/mol. The van der Waals surface area contributed by atoms with Crippen molar-refractivity contribution >= 4 is 6.09 Å². The lowest BCUT2D eigenvalue weighted by Crippen LogP contribution is -2.46. The summed E-state index contributed by atoms with van der Waals surface area (Å²) in [6, 6.07) is 5.86. The lowest BCUT2D eigenvalue weighted by Gasteiger charge is -2.29. The zero-order valence-electron chi connectivity index (χ0n) is 11.0. The highest BCUT2D eigenvalue weighted by atomic mass is 16.6. The number of carbonyl (C=O) groups is 1. The quantitative estimate of drug-likeness (QED) is 0.829. The maximum Gasteiger partial charge on any atom is 0.415 e. The molecule has 1 heterocycles. The molecule has 98 valence electrons. The van der Waals surface area contributed by atoms with Crippen LogP contribution in [0.25, 0.3) is 0 Å². The summed E-state index contributed by atoms with van der Waals surface area (Å²) in [4.78, 5) is 13.7. The Labute approximate surface area is 108 Å². The fourth-order valence-electron chi connectivity index (χ4n) is 2.33. The van der Waals surface area contributed by atoms with Crippen molar-refractivity contribution in [2.24, 2.45) is 5.73 Å². The number of piperidine rings is 1. The lowest BCUT2D eigenvalue weighted by atomic mass is 10.1. The maximum absolute atomic E-state index is 12.0. The summed E-state index contributed by atoms with van der Waals surface area (Å²) in [6.45, 7) is 5.29. The van der Waals surface area contributed by atoms with Gasteiger partial charge in [-0.05, 0) is 49.9 Å². The Morgan fingerprint density at radius 3 is 2.61 bits per heavy atom. The Morgan fingerprint density at radius 1 is 1.33 bits per heavy atom. The van der Waals surface area contributed by atoms with Crippen molar-refractivity contribution in [3.05, 3.63) is 29.3 Å². The molecule has 1 atom stereocenters. The number of hydrogen-bond donors (Lipinski definition) is 1. The van der Waals surface area contributed by atoms with Crippen molar-refractivity contribution in [1.82, 2.24) is 4.90 Å². The van der Waals surface area contributed by atoms with E-state index >= 15 is 0 Å². The SMILES string of the molecule is Cc1cc(C)cc(OC(=O)N2CCCC(N)C2)c1. The van der Waals surface area contributed by atoms with Gasteiger partial charge in [-0.3, -0.25) is 0 Å². The van der Waals surface area contributed by atoms with E-state index < -0.39 is 0 Å². The zero-order valence-corrected chi connectivity index (χ0v) is 11.0. The van der Waals surface area contributed by atoms with E-state index in [1.807, 2.05) is 32.0 Å². The van der Waals surface area contributed by atoms with Crippen LogP contribution in [0.15, 0.2) is 18.2 Å². The molecule has 0 aromatic heterocycles. The van der Waals surface area contributed by atoms with Gasteiger partial charge < -0.3 is 15.4 Å². The third kappa shape index (κ3) is 3.23. The first-order valence-electron chi connectivity index (χ1n) is 6.35. The second kappa shape index (κ2) is 5.40. The topological polar surface area (TPSA) is 55.6 Å². The molecule has 1 aliphatic rings. The lowest BCUT2D eigenvalue weighted by molar-refractivity contribution is 0.137. The van der Waals surface area contributed by atoms with Gasteiger partial charge in [-0.15, -0.1) is 0 Å². The number of carbonyl (C=O) groups excluding carboxylic acids is 1. The Hall–Kier alpha value is -1.55. The number of benzene rings is 1. The molecule has 1 unspecified atom stereocenters. The molecule has 4 heteroatoms. The molecule has 0 spiro atoms. The Balaban J connectivity index is 2.02. The highest BCUT2D eigenvalue weighted by Crippen LogP contribution is 2.18. The molecule has 1 aromatic rings. The third-order valence-corrected chi connectivity index (χ3v) is 3.12. The summed E-state index contributed by atoms with van der Waals surface area (Å²) in [7, 11) is 0. The van der Waals surface area contributed by atoms with E-state index in [1.165, 1.54) is 0 Å². The summed E-state index contributed by atoms with van der Waals surface area (Å²) in [5, 5.41) is 0. The van der Waals surface area contributed by atoms with Crippen molar-refractivity contribution in [1.29, 1.82) is 0 Å². The maximum atomic E-state index is 12.0. The summed E-state index contributed by atoms with van der Waals surface area (Å²) >= 11 is 0. The van der Waals surface area contributed by atoms with Gasteiger partial charge >= 0.3 is 6.09 Å². The molecular formula is C14H20N2O2. The minimum atomic E-state index is -0.296. The minimum absolute atomic E-state index is 0.0746. The van der Waals surface area contributed by atoms with E-state index in [9.17, 15) is 4.79 Å². The van der Waals surface area contributed by atoms with Gasteiger partial charge in [0, 0.05) is 19.1 Å². The van der Waals surface area contributed by atoms with Crippen LogP contribution < -0.4 is 10.5 Å². The fourth-order valence-corrected chi connectivity index (χ4v) is 2.33. The molecule has 0 aliphatic carbocycles. The molecule has 1 aromatic carbocycles. The average Bonchev–Trinajstić information content (AvgIpc) is 2.27. The second-order valence-corrected chi connectivity index (χ2v) is 5.04. The molecule has 18 heavy (non-hydrogen) atoms. The number of nitrogens with zero attached hydrogens (tertiary/aromatic N) is 1. The summed E-state index contributed by atoms with van der Waals surface area (Å²) < 4.78 is 5.40. The van der Waals surface area contributed by atoms with Gasteiger partial charge in [-0.25, -0.2) is 4.79 Å². The predicted octanol–water partition coefficient (Wildman–Crippen LogP) is 2.23. The number of hydrogen-bond acceptors (Lipinski definition) is 3. The van der Waals surface area contributed by atoms with Crippen molar-refractivity contribution in [3.63, 3.8) is 0 Å². The largest absolute Gasteiger partial charge is 0.415 e. The molecule has 0 saturated carbocycles. The second-order valence-electron chi connectivity index (χ2n) is 5.04. The average molecular weight is 248 g/mol. The van der Waals surface area contributed by atoms with E-state index in [2.05, 4.69) is 0 Å². The Kier molecular flexibility index (Phi) is 3.87. The fraction of sp³-hybridized carbons (Fsp3) is 0.500. The molecule has 1 aliphatic heterocycles. The highest BCUT2D eigenvalue weighted by molar-refractivity contribution is 5.71. The van der Waals surface area contributed by atoms with E-state index in [0.717, 1.165) is 30.5 Å². The molecule has 0 bridgehead atoms. The normalized spacial score (nSPS) is 19.7. The van der Waals surface area contributed by atoms with Gasteiger partial charge in [0.2, 0.25) is 0 Å². The summed E-state index contributed by atoms with van der Waals surface area (Å²) in [6.07, 6.45) is 1.63. The van der Waals surface area contributed by atoms with Crippen LogP contribution in [-0.2, 0) is 0 Å². The molecule has 1 amide bonds. The van der Waals surface area contributed by atoms with E-state index in [4.69, 9.17) is 10.5 Å². The van der Waals surface area contributed by atoms with Crippen LogP contribution in [0, 0.1) is 13.8 Å². The molecule has 4 nitrogen and oxygen atoms in total. The van der Waals surface area contributed by atoms with Crippen LogP contribution in [0.2, 0.25) is 0 Å². The molecule has 0 radical (unpaired) electrons. The van der Waals surface area contributed by atoms with Gasteiger partial charge in [0.1, 0.15) is 5.75 Å². The zero-order chi connectivity index (χ0) is 13.1. The van der Waals surface area contributed by atoms with Crippen LogP contribution >= 0.6 is 0 Å². The first-order chi connectivity index (χ1) is 8.54. The van der Waals surface area contributed by atoms with Crippen LogP contribution in [0.3, 0.4) is 0 Å². The number of rotatable bonds is 1. The first kappa shape index (κ1) is 12.9. The summed E-state index contributed by atoms with van der Waals surface area (Å²) in [5.74, 6) is 0.608. The van der Waals surface area contributed by atoms with E-state index in [1.54, 1.807) is 4.90 Å². The molecule has 2 rings (SSSR count). The molecule has 1 saturated heterocycles. The van der Waals surface area contributed by atoms with Crippen LogP contribution in [0.1, 0.15) is 24.0 Å². The monoisotopic (exact) mass is 248 g/mol. The number of aryl methyl sites for hydroxylation is 2. The number of nitrogens with two attached hydrogens (primary N) is 1. The number of likely N-dealkylation sites (tertiary alicyclic amines) is 1. The van der Waals surface area contributed by atoms with Gasteiger partial charge in [0.25, 0.3) is 0 Å². The van der Waals surface area contributed by atoms with Crippen molar-refractivity contribution in [3.8, 4) is 5.75 Å². The van der Waals surface area contributed by atoms with E-state index in [-0.39, 0.29) is 12.1 Å². The Morgan fingerprint density at radius 2 is 2.00 bits per heavy atom. The highest BCUT2D eigenvalue weighted by Gasteiger charge is 2.22. The van der Waals surface area contributed by atoms with Crippen molar-refractivity contribution in [2.45, 2.75) is 32.7 Å². The van der Waals surface area contributed by atoms with Gasteiger partial charge in [0.15, 0.2) is 0 Å². The van der Waals surface area contributed by atoms with Crippen molar-refractivity contribution < 1.29 is 9.53 Å². The van der Waals surface area contributed by atoms with E-state index in [0.29, 0.717) is 12.3 Å². The number of amides is 1. The summed E-state index contributed by atoms with van der Waals surface area (Å²) in [5.41, 5.74) is 8.04. The smallest absolute Gasteiger partial charge is 0.410 e. The Bertz CT molecular complexity index is 425. The standard InChI is InChI=1S/C14H20N2O2/c1-10-6-11(2)8-13(7-10)18-14(17)16-5-3-4-12(15)9-16/h6-8,12H,3-5,9,15H2,1-2H3. The van der Waals surface area contributed by atoms with Gasteiger partial charge in [-0.2, -0.15) is 0 Å². The predicted molar refractivity (Wildman–Crippen MR) is 70.7 cm³/mol. The van der Waals surface area contributed by atoms with Crippen LogP contribution in [0.4, 0.5) is 4.79 Å². The third-order valence-electron chi connectivity index (χ3n) is 3.12. The van der Waals surface area contributed by atoms with Crippen molar-refractivity contribution in [2.75, 3.05) is 13.1 Å².